The highest BCUT2D eigenvalue weighted by atomic mass is 32.2. The summed E-state index contributed by atoms with van der Waals surface area (Å²) in [5.41, 5.74) is 0.646. The van der Waals surface area contributed by atoms with Gasteiger partial charge < -0.3 is 10.2 Å². The van der Waals surface area contributed by atoms with Crippen molar-refractivity contribution in [2.24, 2.45) is 0 Å². The van der Waals surface area contributed by atoms with E-state index in [1.807, 2.05) is 38.1 Å². The molecule has 154 valence electrons. The van der Waals surface area contributed by atoms with Crippen molar-refractivity contribution in [2.75, 3.05) is 25.4 Å². The van der Waals surface area contributed by atoms with Gasteiger partial charge in [-0.25, -0.2) is 4.98 Å². The molecular formula is C21H32N4O2S. The molecule has 7 heteroatoms. The summed E-state index contributed by atoms with van der Waals surface area (Å²) in [5, 5.41) is 4.20. The zero-order valence-electron chi connectivity index (χ0n) is 17.4. The predicted octanol–water partition coefficient (Wildman–Crippen LogP) is 3.14. The van der Waals surface area contributed by atoms with Crippen molar-refractivity contribution in [3.05, 3.63) is 34.6 Å². The average Bonchev–Trinajstić information content (AvgIpc) is 2.71. The molecule has 0 aliphatic rings. The molecule has 1 amide bonds. The summed E-state index contributed by atoms with van der Waals surface area (Å²) < 4.78 is 1.73. The van der Waals surface area contributed by atoms with Crippen molar-refractivity contribution in [1.82, 2.24) is 19.8 Å². The molecule has 0 fully saturated rings. The fraction of sp³-hybridized carbons (Fsp3) is 0.571. The van der Waals surface area contributed by atoms with Crippen molar-refractivity contribution in [1.29, 1.82) is 0 Å². The molecule has 2 aromatic rings. The second-order valence-corrected chi connectivity index (χ2v) is 7.86. The maximum Gasteiger partial charge on any atom is 0.262 e. The minimum atomic E-state index is -0.0324. The summed E-state index contributed by atoms with van der Waals surface area (Å²) in [6.07, 6.45) is 1.76. The molecule has 0 saturated heterocycles. The molecule has 0 aliphatic heterocycles. The monoisotopic (exact) mass is 404 g/mol. The van der Waals surface area contributed by atoms with Gasteiger partial charge in [0.05, 0.1) is 16.7 Å². The number of nitrogens with one attached hydrogen (secondary N) is 1. The normalized spacial score (nSPS) is 12.5. The van der Waals surface area contributed by atoms with Crippen molar-refractivity contribution in [2.45, 2.75) is 58.3 Å². The Hall–Kier alpha value is -1.86. The minimum Gasteiger partial charge on any atom is -0.353 e. The molecule has 0 saturated carbocycles. The summed E-state index contributed by atoms with van der Waals surface area (Å²) >= 11 is 1.33. The molecule has 1 aromatic carbocycles. The van der Waals surface area contributed by atoms with Crippen LogP contribution < -0.4 is 10.9 Å². The van der Waals surface area contributed by atoms with Crippen LogP contribution in [0.4, 0.5) is 0 Å². The van der Waals surface area contributed by atoms with E-state index >= 15 is 0 Å². The number of hydrogen-bond acceptors (Lipinski definition) is 5. The summed E-state index contributed by atoms with van der Waals surface area (Å²) in [6.45, 7) is 11.8. The molecular weight excluding hydrogens is 372 g/mol. The topological polar surface area (TPSA) is 67.2 Å². The lowest BCUT2D eigenvalue weighted by atomic mass is 10.2. The van der Waals surface area contributed by atoms with E-state index in [0.717, 1.165) is 32.5 Å². The van der Waals surface area contributed by atoms with Crippen LogP contribution in [0.5, 0.6) is 0 Å². The van der Waals surface area contributed by atoms with Crippen LogP contribution in [0.2, 0.25) is 0 Å². The first-order valence-electron chi connectivity index (χ1n) is 10.1. The van der Waals surface area contributed by atoms with Crippen LogP contribution in [-0.4, -0.2) is 51.8 Å². The number of para-hydroxylation sites is 1. The highest BCUT2D eigenvalue weighted by molar-refractivity contribution is 7.99. The summed E-state index contributed by atoms with van der Waals surface area (Å²) in [7, 11) is 0. The Balaban J connectivity index is 2.21. The Bertz CT molecular complexity index is 833. The highest BCUT2D eigenvalue weighted by Crippen LogP contribution is 2.18. The van der Waals surface area contributed by atoms with Crippen LogP contribution in [0, 0.1) is 0 Å². The van der Waals surface area contributed by atoms with Crippen LogP contribution in [0.25, 0.3) is 10.9 Å². The Morgan fingerprint density at radius 1 is 1.25 bits per heavy atom. The zero-order valence-corrected chi connectivity index (χ0v) is 18.2. The highest BCUT2D eigenvalue weighted by Gasteiger charge is 2.14. The lowest BCUT2D eigenvalue weighted by Gasteiger charge is -2.19. The number of amides is 1. The fourth-order valence-electron chi connectivity index (χ4n) is 3.00. The van der Waals surface area contributed by atoms with Gasteiger partial charge in [-0.15, -0.1) is 0 Å². The number of benzene rings is 1. The predicted molar refractivity (Wildman–Crippen MR) is 117 cm³/mol. The van der Waals surface area contributed by atoms with Crippen LogP contribution in [0.3, 0.4) is 0 Å². The van der Waals surface area contributed by atoms with Gasteiger partial charge in [-0.3, -0.25) is 14.2 Å². The number of thioether (sulfide) groups is 1. The van der Waals surface area contributed by atoms with Crippen LogP contribution >= 0.6 is 11.8 Å². The van der Waals surface area contributed by atoms with E-state index in [4.69, 9.17) is 0 Å². The van der Waals surface area contributed by atoms with Gasteiger partial charge in [-0.05, 0) is 51.5 Å². The third-order valence-electron chi connectivity index (χ3n) is 4.93. The first-order chi connectivity index (χ1) is 13.5. The number of nitrogens with zero attached hydrogens (tertiary/aromatic N) is 3. The van der Waals surface area contributed by atoms with Gasteiger partial charge in [-0.2, -0.15) is 0 Å². The number of carbonyl (C=O) groups excluding carboxylic acids is 1. The molecule has 0 spiro atoms. The molecule has 0 radical (unpaired) electrons. The summed E-state index contributed by atoms with van der Waals surface area (Å²) in [4.78, 5) is 32.2. The van der Waals surface area contributed by atoms with Crippen LogP contribution in [0.15, 0.2) is 34.2 Å². The van der Waals surface area contributed by atoms with E-state index in [2.05, 4.69) is 29.0 Å². The molecule has 0 unspecified atom stereocenters. The minimum absolute atomic E-state index is 0.0311. The molecule has 1 N–H and O–H groups in total. The third kappa shape index (κ3) is 6.07. The number of aromatic nitrogens is 2. The standard InChI is InChI=1S/C21H32N4O2S/c1-5-16(4)22-19(26)15-28-21-23-18-12-9-8-11-17(18)20(27)25(21)14-10-13-24(6-2)7-3/h8-9,11-12,16H,5-7,10,13-15H2,1-4H3,(H,22,26)/t16-/m1/s1. The van der Waals surface area contributed by atoms with Gasteiger partial charge >= 0.3 is 0 Å². The van der Waals surface area contributed by atoms with E-state index in [9.17, 15) is 9.59 Å². The first-order valence-corrected chi connectivity index (χ1v) is 11.1. The Morgan fingerprint density at radius 2 is 1.96 bits per heavy atom. The molecule has 1 atom stereocenters. The molecule has 2 rings (SSSR count). The van der Waals surface area contributed by atoms with E-state index in [1.165, 1.54) is 11.8 Å². The number of rotatable bonds is 11. The Kier molecular flexibility index (Phi) is 8.99. The summed E-state index contributed by atoms with van der Waals surface area (Å²) in [6, 6.07) is 7.55. The second-order valence-electron chi connectivity index (χ2n) is 6.91. The van der Waals surface area contributed by atoms with Crippen molar-refractivity contribution >= 4 is 28.6 Å². The van der Waals surface area contributed by atoms with E-state index in [1.54, 1.807) is 4.57 Å². The SMILES string of the molecule is CC[C@@H](C)NC(=O)CSc1nc2ccccc2c(=O)n1CCCN(CC)CC. The van der Waals surface area contributed by atoms with E-state index in [-0.39, 0.29) is 23.3 Å². The smallest absolute Gasteiger partial charge is 0.262 e. The number of fused-ring (bicyclic) bond motifs is 1. The fourth-order valence-corrected chi connectivity index (χ4v) is 3.83. The largest absolute Gasteiger partial charge is 0.353 e. The lowest BCUT2D eigenvalue weighted by Crippen LogP contribution is -2.33. The quantitative estimate of drug-likeness (QED) is 0.460. The maximum atomic E-state index is 13.0. The zero-order chi connectivity index (χ0) is 20.5. The molecule has 1 heterocycles. The van der Waals surface area contributed by atoms with Gasteiger partial charge in [0.15, 0.2) is 5.16 Å². The van der Waals surface area contributed by atoms with Gasteiger partial charge in [0.2, 0.25) is 5.91 Å². The molecule has 28 heavy (non-hydrogen) atoms. The van der Waals surface area contributed by atoms with Gasteiger partial charge in [0, 0.05) is 12.6 Å². The van der Waals surface area contributed by atoms with Crippen LogP contribution in [-0.2, 0) is 11.3 Å². The van der Waals surface area contributed by atoms with Gasteiger partial charge in [0.25, 0.3) is 5.56 Å². The van der Waals surface area contributed by atoms with Gasteiger partial charge in [-0.1, -0.05) is 44.7 Å². The van der Waals surface area contributed by atoms with Crippen molar-refractivity contribution in [3.8, 4) is 0 Å². The van der Waals surface area contributed by atoms with Crippen LogP contribution in [0.1, 0.15) is 40.5 Å². The Labute approximate surface area is 171 Å². The van der Waals surface area contributed by atoms with Crippen molar-refractivity contribution < 1.29 is 4.79 Å². The molecule has 0 aliphatic carbocycles. The molecule has 1 aromatic heterocycles. The van der Waals surface area contributed by atoms with E-state index in [0.29, 0.717) is 22.6 Å². The molecule has 0 bridgehead atoms. The Morgan fingerprint density at radius 3 is 2.64 bits per heavy atom. The molecule has 6 nitrogen and oxygen atoms in total. The van der Waals surface area contributed by atoms with Crippen molar-refractivity contribution in [3.63, 3.8) is 0 Å². The average molecular weight is 405 g/mol. The third-order valence-corrected chi connectivity index (χ3v) is 5.91. The lowest BCUT2D eigenvalue weighted by molar-refractivity contribution is -0.119. The van der Waals surface area contributed by atoms with E-state index < -0.39 is 0 Å². The number of hydrogen-bond donors (Lipinski definition) is 1. The first kappa shape index (κ1) is 22.4. The summed E-state index contributed by atoms with van der Waals surface area (Å²) in [5.74, 6) is 0.224. The van der Waals surface area contributed by atoms with Gasteiger partial charge in [0.1, 0.15) is 0 Å². The number of carbonyl (C=O) groups is 1. The second kappa shape index (κ2) is 11.2. The maximum absolute atomic E-state index is 13.0.